The van der Waals surface area contributed by atoms with Crippen LogP contribution in [0.5, 0.6) is 0 Å². The average molecular weight is 475 g/mol. The number of rotatable bonds is 7. The minimum Gasteiger partial charge on any atom is -0.401 e. The Hall–Kier alpha value is -3.45. The number of amidine groups is 1. The van der Waals surface area contributed by atoms with Crippen molar-refractivity contribution in [2.75, 3.05) is 25.4 Å². The summed E-state index contributed by atoms with van der Waals surface area (Å²) in [4.78, 5) is 23.9. The zero-order valence-electron chi connectivity index (χ0n) is 21.6. The summed E-state index contributed by atoms with van der Waals surface area (Å²) >= 11 is 0. The summed E-state index contributed by atoms with van der Waals surface area (Å²) in [5.74, 6) is 0.727. The van der Waals surface area contributed by atoms with Gasteiger partial charge in [0.05, 0.1) is 5.69 Å². The van der Waals surface area contributed by atoms with Crippen molar-refractivity contribution < 1.29 is 4.79 Å². The van der Waals surface area contributed by atoms with Crippen LogP contribution in [0.1, 0.15) is 53.7 Å². The Morgan fingerprint density at radius 2 is 1.89 bits per heavy atom. The molecule has 0 aliphatic carbocycles. The summed E-state index contributed by atoms with van der Waals surface area (Å²) < 4.78 is 0. The number of allylic oxidation sites excluding steroid dienone is 1. The third kappa shape index (κ3) is 7.26. The van der Waals surface area contributed by atoms with Gasteiger partial charge in [0.25, 0.3) is 5.91 Å². The van der Waals surface area contributed by atoms with Gasteiger partial charge in [-0.2, -0.15) is 0 Å². The number of nitrogens with one attached hydrogen (secondary N) is 1. The fraction of sp³-hybridized carbons (Fsp3) is 0.393. The van der Waals surface area contributed by atoms with E-state index in [-0.39, 0.29) is 11.9 Å². The van der Waals surface area contributed by atoms with Crippen LogP contribution in [-0.2, 0) is 0 Å². The molecule has 1 aliphatic heterocycles. The van der Waals surface area contributed by atoms with Gasteiger partial charge in [0.1, 0.15) is 5.84 Å². The Kier molecular flexibility index (Phi) is 8.82. The molecule has 0 bridgehead atoms. The summed E-state index contributed by atoms with van der Waals surface area (Å²) in [6, 6.07) is 11.9. The molecule has 3 rings (SSSR count). The Morgan fingerprint density at radius 3 is 2.54 bits per heavy atom. The molecule has 5 N–H and O–H groups in total. The normalized spacial score (nSPS) is 17.2. The maximum Gasteiger partial charge on any atom is 0.253 e. The fourth-order valence-corrected chi connectivity index (χ4v) is 4.27. The van der Waals surface area contributed by atoms with Gasteiger partial charge in [-0.3, -0.25) is 4.79 Å². The maximum absolute atomic E-state index is 12.9. The number of likely N-dealkylation sites (tertiary alicyclic amines) is 1. The number of carbonyl (C=O) groups is 1. The first kappa shape index (κ1) is 26.2. The van der Waals surface area contributed by atoms with Gasteiger partial charge in [-0.1, -0.05) is 13.0 Å². The monoisotopic (exact) mass is 474 g/mol. The van der Waals surface area contributed by atoms with E-state index in [2.05, 4.69) is 42.1 Å². The highest BCUT2D eigenvalue weighted by Crippen LogP contribution is 2.19. The highest BCUT2D eigenvalue weighted by Gasteiger charge is 2.26. The SMILES string of the molecule is CC/C(C=NC(C)=Nc1cc(C)cc(C)c1)=C(/N)CNC1CCN(C(=O)c2ccc(N)c(C)c2)C1. The molecule has 1 aliphatic rings. The summed E-state index contributed by atoms with van der Waals surface area (Å²) in [5, 5.41) is 3.50. The molecule has 2 aromatic carbocycles. The summed E-state index contributed by atoms with van der Waals surface area (Å²) in [6.07, 6.45) is 3.48. The van der Waals surface area contributed by atoms with E-state index < -0.39 is 0 Å². The number of nitrogens with two attached hydrogens (primary N) is 2. The molecule has 0 saturated carbocycles. The molecular formula is C28H38N6O. The van der Waals surface area contributed by atoms with Crippen molar-refractivity contribution >= 4 is 29.3 Å². The number of hydrogen-bond acceptors (Lipinski definition) is 5. The summed E-state index contributed by atoms with van der Waals surface area (Å²) in [5.41, 5.74) is 19.6. The number of nitrogen functional groups attached to an aromatic ring is 1. The number of carbonyl (C=O) groups excluding carboxylic acids is 1. The molecule has 2 aromatic rings. The Balaban J connectivity index is 1.57. The average Bonchev–Trinajstić information content (AvgIpc) is 3.27. The molecule has 0 aromatic heterocycles. The minimum atomic E-state index is 0.0425. The first-order chi connectivity index (χ1) is 16.7. The highest BCUT2D eigenvalue weighted by molar-refractivity contribution is 5.95. The molecule has 1 unspecified atom stereocenters. The van der Waals surface area contributed by atoms with Crippen LogP contribution in [0, 0.1) is 20.8 Å². The standard InChI is InChI=1S/C28H38N6O/c1-6-22(15-31-21(5)33-25-12-18(2)11-19(3)13-25)27(30)16-32-24-9-10-34(17-24)28(35)23-7-8-26(29)20(4)14-23/h7-8,11-15,24,32H,6,9-10,16-17,29-30H2,1-5H3/b27-22-,31-15?,33-21?. The van der Waals surface area contributed by atoms with Gasteiger partial charge in [-0.05, 0) is 93.1 Å². The van der Waals surface area contributed by atoms with Crippen molar-refractivity contribution in [1.29, 1.82) is 0 Å². The van der Waals surface area contributed by atoms with Crippen LogP contribution in [0.15, 0.2) is 57.7 Å². The first-order valence-electron chi connectivity index (χ1n) is 12.2. The molecule has 0 radical (unpaired) electrons. The van der Waals surface area contributed by atoms with Gasteiger partial charge >= 0.3 is 0 Å². The van der Waals surface area contributed by atoms with Gasteiger partial charge in [-0.15, -0.1) is 0 Å². The molecule has 0 spiro atoms. The lowest BCUT2D eigenvalue weighted by Gasteiger charge is -2.18. The van der Waals surface area contributed by atoms with Crippen LogP contribution < -0.4 is 16.8 Å². The van der Waals surface area contributed by atoms with Crippen LogP contribution in [0.4, 0.5) is 11.4 Å². The highest BCUT2D eigenvalue weighted by atomic mass is 16.2. The van der Waals surface area contributed by atoms with E-state index >= 15 is 0 Å². The largest absolute Gasteiger partial charge is 0.401 e. The van der Waals surface area contributed by atoms with Crippen LogP contribution in [0.25, 0.3) is 0 Å². The van der Waals surface area contributed by atoms with Crippen LogP contribution >= 0.6 is 0 Å². The lowest BCUT2D eigenvalue weighted by molar-refractivity contribution is 0.0789. The van der Waals surface area contributed by atoms with Gasteiger partial charge in [0.15, 0.2) is 0 Å². The topological polar surface area (TPSA) is 109 Å². The van der Waals surface area contributed by atoms with Crippen LogP contribution in [0.3, 0.4) is 0 Å². The van der Waals surface area contributed by atoms with Crippen molar-refractivity contribution in [2.24, 2.45) is 15.7 Å². The van der Waals surface area contributed by atoms with Crippen molar-refractivity contribution in [3.05, 3.63) is 69.9 Å². The zero-order valence-corrected chi connectivity index (χ0v) is 21.6. The molecule has 186 valence electrons. The zero-order chi connectivity index (χ0) is 25.5. The second-order valence-electron chi connectivity index (χ2n) is 9.36. The van der Waals surface area contributed by atoms with Crippen molar-refractivity contribution in [2.45, 2.75) is 53.5 Å². The molecule has 7 heteroatoms. The van der Waals surface area contributed by atoms with Crippen molar-refractivity contribution in [1.82, 2.24) is 10.2 Å². The van der Waals surface area contributed by atoms with E-state index in [4.69, 9.17) is 11.5 Å². The molecule has 1 atom stereocenters. The predicted octanol–water partition coefficient (Wildman–Crippen LogP) is 4.44. The van der Waals surface area contributed by atoms with E-state index in [0.717, 1.165) is 41.9 Å². The molecule has 1 amide bonds. The number of amides is 1. The predicted molar refractivity (Wildman–Crippen MR) is 147 cm³/mol. The maximum atomic E-state index is 12.9. The lowest BCUT2D eigenvalue weighted by Crippen LogP contribution is -2.37. The summed E-state index contributed by atoms with van der Waals surface area (Å²) in [6.45, 7) is 11.9. The Morgan fingerprint density at radius 1 is 1.17 bits per heavy atom. The van der Waals surface area contributed by atoms with E-state index in [1.165, 1.54) is 11.1 Å². The molecule has 35 heavy (non-hydrogen) atoms. The van der Waals surface area contributed by atoms with Crippen molar-refractivity contribution in [3.63, 3.8) is 0 Å². The second kappa shape index (κ2) is 11.8. The number of nitrogens with zero attached hydrogens (tertiary/aromatic N) is 3. The van der Waals surface area contributed by atoms with Gasteiger partial charge in [-0.25, -0.2) is 9.98 Å². The molecular weight excluding hydrogens is 436 g/mol. The quantitative estimate of drug-likeness (QED) is 0.313. The number of hydrogen-bond donors (Lipinski definition) is 3. The lowest BCUT2D eigenvalue weighted by atomic mass is 10.1. The van der Waals surface area contributed by atoms with E-state index in [9.17, 15) is 4.79 Å². The van der Waals surface area contributed by atoms with Gasteiger partial charge < -0.3 is 21.7 Å². The smallest absolute Gasteiger partial charge is 0.253 e. The van der Waals surface area contributed by atoms with Crippen LogP contribution in [0.2, 0.25) is 0 Å². The molecule has 1 heterocycles. The van der Waals surface area contributed by atoms with Crippen molar-refractivity contribution in [3.8, 4) is 0 Å². The number of anilines is 1. The third-order valence-corrected chi connectivity index (χ3v) is 6.27. The van der Waals surface area contributed by atoms with Gasteiger partial charge in [0, 0.05) is 48.8 Å². The van der Waals surface area contributed by atoms with Gasteiger partial charge in [0.2, 0.25) is 0 Å². The van der Waals surface area contributed by atoms with Crippen LogP contribution in [-0.4, -0.2) is 48.5 Å². The van der Waals surface area contributed by atoms with E-state index in [1.54, 1.807) is 12.1 Å². The molecule has 7 nitrogen and oxygen atoms in total. The number of benzene rings is 2. The summed E-state index contributed by atoms with van der Waals surface area (Å²) in [7, 11) is 0. The molecule has 1 fully saturated rings. The Labute approximate surface area is 209 Å². The number of aryl methyl sites for hydroxylation is 3. The fourth-order valence-electron chi connectivity index (χ4n) is 4.27. The first-order valence-corrected chi connectivity index (χ1v) is 12.2. The second-order valence-corrected chi connectivity index (χ2v) is 9.36. The third-order valence-electron chi connectivity index (χ3n) is 6.27. The molecule has 1 saturated heterocycles. The van der Waals surface area contributed by atoms with E-state index in [0.29, 0.717) is 30.2 Å². The number of aliphatic imine (C=N–C) groups is 2. The minimum absolute atomic E-state index is 0.0425. The Bertz CT molecular complexity index is 1140. The van der Waals surface area contributed by atoms with E-state index in [1.807, 2.05) is 43.2 Å².